The Balaban J connectivity index is 2.12. The summed E-state index contributed by atoms with van der Waals surface area (Å²) in [5.41, 5.74) is 1.09. The number of hydrogen-bond donors (Lipinski definition) is 1. The van der Waals surface area contributed by atoms with Crippen LogP contribution in [0, 0.1) is 0 Å². The second kappa shape index (κ2) is 5.80. The molecule has 2 heterocycles. The highest BCUT2D eigenvalue weighted by atomic mass is 16.5. The first kappa shape index (κ1) is 13.5. The number of pyridine rings is 2. The van der Waals surface area contributed by atoms with Gasteiger partial charge in [0.25, 0.3) is 0 Å². The van der Waals surface area contributed by atoms with Gasteiger partial charge in [0.15, 0.2) is 0 Å². The van der Waals surface area contributed by atoms with Crippen molar-refractivity contribution in [2.24, 2.45) is 0 Å². The van der Waals surface area contributed by atoms with Crippen LogP contribution in [0.3, 0.4) is 0 Å². The highest BCUT2D eigenvalue weighted by Gasteiger charge is 2.11. The second-order valence-corrected chi connectivity index (χ2v) is 5.36. The Morgan fingerprint density at radius 2 is 1.95 bits per heavy atom. The molecule has 19 heavy (non-hydrogen) atoms. The highest BCUT2D eigenvalue weighted by Crippen LogP contribution is 2.22. The lowest BCUT2D eigenvalue weighted by Crippen LogP contribution is -2.35. The molecule has 0 amide bonds. The van der Waals surface area contributed by atoms with Gasteiger partial charge in [0.05, 0.1) is 6.20 Å². The lowest BCUT2D eigenvalue weighted by atomic mass is 10.1. The molecule has 0 aliphatic rings. The minimum absolute atomic E-state index is 0.0570. The molecule has 0 spiro atoms. The topological polar surface area (TPSA) is 47.0 Å². The largest absolute Gasteiger partial charge is 0.437 e. The van der Waals surface area contributed by atoms with Crippen molar-refractivity contribution in [3.63, 3.8) is 0 Å². The van der Waals surface area contributed by atoms with E-state index in [0.29, 0.717) is 18.2 Å². The van der Waals surface area contributed by atoms with Crippen LogP contribution in [-0.2, 0) is 6.54 Å². The van der Waals surface area contributed by atoms with E-state index in [1.165, 1.54) is 0 Å². The number of hydrogen-bond acceptors (Lipinski definition) is 4. The van der Waals surface area contributed by atoms with Gasteiger partial charge in [-0.2, -0.15) is 0 Å². The maximum Gasteiger partial charge on any atom is 0.223 e. The molecular weight excluding hydrogens is 238 g/mol. The molecule has 0 aliphatic carbocycles. The molecule has 0 fully saturated rings. The van der Waals surface area contributed by atoms with Crippen molar-refractivity contribution >= 4 is 0 Å². The number of nitrogens with zero attached hydrogens (tertiary/aromatic N) is 2. The number of aromatic nitrogens is 2. The standard InChI is InChI=1S/C15H19N3O/c1-15(2,3)18-10-12-6-4-9-17-14(12)19-13-7-5-8-16-11-13/h4-9,11,18H,10H2,1-3H3. The smallest absolute Gasteiger partial charge is 0.223 e. The Kier molecular flexibility index (Phi) is 4.12. The molecule has 2 aromatic rings. The normalized spacial score (nSPS) is 11.3. The molecule has 2 aromatic heterocycles. The fourth-order valence-electron chi connectivity index (χ4n) is 1.53. The van der Waals surface area contributed by atoms with Crippen molar-refractivity contribution in [3.8, 4) is 11.6 Å². The maximum absolute atomic E-state index is 5.76. The minimum atomic E-state index is 0.0570. The van der Waals surface area contributed by atoms with E-state index in [1.807, 2.05) is 24.3 Å². The van der Waals surface area contributed by atoms with E-state index in [9.17, 15) is 0 Å². The lowest BCUT2D eigenvalue weighted by molar-refractivity contribution is 0.409. The van der Waals surface area contributed by atoms with Crippen LogP contribution in [-0.4, -0.2) is 15.5 Å². The van der Waals surface area contributed by atoms with E-state index in [2.05, 4.69) is 36.1 Å². The molecule has 0 atom stereocenters. The third-order valence-electron chi connectivity index (χ3n) is 2.51. The van der Waals surface area contributed by atoms with Gasteiger partial charge in [-0.3, -0.25) is 4.98 Å². The van der Waals surface area contributed by atoms with Crippen LogP contribution < -0.4 is 10.1 Å². The van der Waals surface area contributed by atoms with Crippen molar-refractivity contribution in [2.75, 3.05) is 0 Å². The van der Waals surface area contributed by atoms with Gasteiger partial charge in [0, 0.05) is 30.0 Å². The molecule has 1 N–H and O–H groups in total. The first-order valence-corrected chi connectivity index (χ1v) is 6.31. The average Bonchev–Trinajstić information content (AvgIpc) is 2.38. The zero-order valence-electron chi connectivity index (χ0n) is 11.6. The van der Waals surface area contributed by atoms with Gasteiger partial charge in [0.2, 0.25) is 5.88 Å². The van der Waals surface area contributed by atoms with Gasteiger partial charge in [-0.25, -0.2) is 4.98 Å². The Labute approximate surface area is 113 Å². The molecule has 2 rings (SSSR count). The molecule has 0 bridgehead atoms. The van der Waals surface area contributed by atoms with Crippen LogP contribution >= 0.6 is 0 Å². The Morgan fingerprint density at radius 1 is 1.16 bits per heavy atom. The average molecular weight is 257 g/mol. The zero-order valence-corrected chi connectivity index (χ0v) is 11.6. The van der Waals surface area contributed by atoms with E-state index in [-0.39, 0.29) is 5.54 Å². The molecular formula is C15H19N3O. The first-order valence-electron chi connectivity index (χ1n) is 6.31. The van der Waals surface area contributed by atoms with Gasteiger partial charge in [-0.05, 0) is 39.0 Å². The number of rotatable bonds is 4. The second-order valence-electron chi connectivity index (χ2n) is 5.36. The van der Waals surface area contributed by atoms with Gasteiger partial charge in [0.1, 0.15) is 5.75 Å². The van der Waals surface area contributed by atoms with Gasteiger partial charge in [-0.1, -0.05) is 6.07 Å². The van der Waals surface area contributed by atoms with Crippen molar-refractivity contribution in [1.82, 2.24) is 15.3 Å². The Morgan fingerprint density at radius 3 is 2.63 bits per heavy atom. The molecule has 0 aliphatic heterocycles. The van der Waals surface area contributed by atoms with Crippen molar-refractivity contribution in [2.45, 2.75) is 32.9 Å². The van der Waals surface area contributed by atoms with Gasteiger partial charge in [-0.15, -0.1) is 0 Å². The fraction of sp³-hybridized carbons (Fsp3) is 0.333. The predicted molar refractivity (Wildman–Crippen MR) is 75.1 cm³/mol. The Bertz CT molecular complexity index is 520. The van der Waals surface area contributed by atoms with Crippen molar-refractivity contribution in [3.05, 3.63) is 48.4 Å². The fourth-order valence-corrected chi connectivity index (χ4v) is 1.53. The zero-order chi connectivity index (χ0) is 13.7. The van der Waals surface area contributed by atoms with Gasteiger partial charge < -0.3 is 10.1 Å². The third kappa shape index (κ3) is 4.34. The highest BCUT2D eigenvalue weighted by molar-refractivity contribution is 5.30. The molecule has 0 saturated carbocycles. The lowest BCUT2D eigenvalue weighted by Gasteiger charge is -2.21. The SMILES string of the molecule is CC(C)(C)NCc1cccnc1Oc1cccnc1. The molecule has 0 saturated heterocycles. The van der Waals surface area contributed by atoms with E-state index in [4.69, 9.17) is 4.74 Å². The summed E-state index contributed by atoms with van der Waals surface area (Å²) in [5.74, 6) is 1.31. The first-order chi connectivity index (χ1) is 9.04. The van der Waals surface area contributed by atoms with Crippen molar-refractivity contribution < 1.29 is 4.74 Å². The quantitative estimate of drug-likeness (QED) is 0.914. The van der Waals surface area contributed by atoms with E-state index < -0.39 is 0 Å². The van der Waals surface area contributed by atoms with Crippen LogP contribution in [0.1, 0.15) is 26.3 Å². The molecule has 0 aromatic carbocycles. The van der Waals surface area contributed by atoms with E-state index >= 15 is 0 Å². The molecule has 0 unspecified atom stereocenters. The van der Waals surface area contributed by atoms with Crippen LogP contribution in [0.25, 0.3) is 0 Å². The number of ether oxygens (including phenoxy) is 1. The predicted octanol–water partition coefficient (Wildman–Crippen LogP) is 3.16. The van der Waals surface area contributed by atoms with Crippen LogP contribution in [0.4, 0.5) is 0 Å². The molecule has 4 nitrogen and oxygen atoms in total. The molecule has 4 heteroatoms. The van der Waals surface area contributed by atoms with Crippen LogP contribution in [0.15, 0.2) is 42.9 Å². The summed E-state index contributed by atoms with van der Waals surface area (Å²) < 4.78 is 5.76. The van der Waals surface area contributed by atoms with Crippen LogP contribution in [0.2, 0.25) is 0 Å². The van der Waals surface area contributed by atoms with Crippen LogP contribution in [0.5, 0.6) is 11.6 Å². The van der Waals surface area contributed by atoms with Gasteiger partial charge >= 0.3 is 0 Å². The molecule has 0 radical (unpaired) electrons. The Hall–Kier alpha value is -1.94. The third-order valence-corrected chi connectivity index (χ3v) is 2.51. The summed E-state index contributed by atoms with van der Waals surface area (Å²) in [4.78, 5) is 8.31. The summed E-state index contributed by atoms with van der Waals surface area (Å²) in [6.07, 6.45) is 5.12. The van der Waals surface area contributed by atoms with E-state index in [1.54, 1.807) is 18.6 Å². The summed E-state index contributed by atoms with van der Waals surface area (Å²) in [6, 6.07) is 7.63. The summed E-state index contributed by atoms with van der Waals surface area (Å²) in [5, 5.41) is 3.43. The van der Waals surface area contributed by atoms with E-state index in [0.717, 1.165) is 5.56 Å². The maximum atomic E-state index is 5.76. The molecule has 100 valence electrons. The monoisotopic (exact) mass is 257 g/mol. The summed E-state index contributed by atoms with van der Waals surface area (Å²) in [6.45, 7) is 7.11. The van der Waals surface area contributed by atoms with Crippen molar-refractivity contribution in [1.29, 1.82) is 0 Å². The summed E-state index contributed by atoms with van der Waals surface area (Å²) in [7, 11) is 0. The number of nitrogens with one attached hydrogen (secondary N) is 1. The minimum Gasteiger partial charge on any atom is -0.437 e. The summed E-state index contributed by atoms with van der Waals surface area (Å²) >= 11 is 0.